The van der Waals surface area contributed by atoms with E-state index in [0.717, 1.165) is 10.8 Å². The average molecular weight is 510 g/mol. The molecule has 2 aromatic carbocycles. The molecule has 2 aromatic heterocycles. The maximum Gasteiger partial charge on any atom is 0.257 e. The molecule has 9 nitrogen and oxygen atoms in total. The van der Waals surface area contributed by atoms with Crippen molar-refractivity contribution in [1.29, 1.82) is 0 Å². The Hall–Kier alpha value is -3.60. The van der Waals surface area contributed by atoms with E-state index in [4.69, 9.17) is 11.6 Å². The van der Waals surface area contributed by atoms with E-state index in [9.17, 15) is 18.4 Å². The fourth-order valence-electron chi connectivity index (χ4n) is 3.97. The Balaban J connectivity index is 1.26. The molecular weight excluding hydrogens is 490 g/mol. The number of amides is 1. The lowest BCUT2D eigenvalue weighted by Gasteiger charge is -2.34. The lowest BCUT2D eigenvalue weighted by Crippen LogP contribution is -2.50. The largest absolute Gasteiger partial charge is 0.619 e. The van der Waals surface area contributed by atoms with Gasteiger partial charge in [-0.05, 0) is 35.0 Å². The van der Waals surface area contributed by atoms with E-state index in [1.54, 1.807) is 53.4 Å². The molecule has 1 amide bonds. The Labute approximate surface area is 206 Å². The normalized spacial score (nSPS) is 14.8. The third-order valence-corrected chi connectivity index (χ3v) is 8.03. The number of nitrogens with zero attached hydrogens (tertiary/aromatic N) is 5. The number of halogens is 1. The van der Waals surface area contributed by atoms with Crippen molar-refractivity contribution in [3.63, 3.8) is 0 Å². The molecule has 1 fully saturated rings. The highest BCUT2D eigenvalue weighted by molar-refractivity contribution is 7.89. The van der Waals surface area contributed by atoms with Crippen molar-refractivity contribution in [3.05, 3.63) is 89.1 Å². The van der Waals surface area contributed by atoms with Crippen molar-refractivity contribution < 1.29 is 17.9 Å². The molecule has 3 heterocycles. The third-order valence-electron chi connectivity index (χ3n) is 5.90. The molecule has 0 unspecified atom stereocenters. The Morgan fingerprint density at radius 2 is 1.54 bits per heavy atom. The average Bonchev–Trinajstić information content (AvgIpc) is 2.88. The van der Waals surface area contributed by atoms with E-state index in [1.165, 1.54) is 29.1 Å². The molecular formula is C24H20ClN5O4S. The topological polar surface area (TPSA) is 110 Å². The summed E-state index contributed by atoms with van der Waals surface area (Å²) in [5.74, 6) is 0.136. The molecule has 35 heavy (non-hydrogen) atoms. The highest BCUT2D eigenvalue weighted by Gasteiger charge is 2.30. The predicted molar refractivity (Wildman–Crippen MR) is 130 cm³/mol. The molecule has 0 radical (unpaired) electrons. The molecule has 0 N–H and O–H groups in total. The van der Waals surface area contributed by atoms with Gasteiger partial charge in [0.2, 0.25) is 10.0 Å². The SMILES string of the molecule is O=C(c1cnc(-c2cc[n+]([O-])cc2)nc1)N1CCN(S(=O)(=O)c2ccc3cc(Cl)ccc3c2)CC1. The minimum absolute atomic E-state index is 0.185. The van der Waals surface area contributed by atoms with Crippen LogP contribution in [0.3, 0.4) is 0 Å². The van der Waals surface area contributed by atoms with Crippen molar-refractivity contribution in [2.45, 2.75) is 4.90 Å². The fraction of sp³-hybridized carbons (Fsp3) is 0.167. The van der Waals surface area contributed by atoms with Gasteiger partial charge in [-0.3, -0.25) is 4.79 Å². The first-order valence-corrected chi connectivity index (χ1v) is 12.6. The molecule has 1 saturated heterocycles. The molecule has 0 atom stereocenters. The Kier molecular flexibility index (Phi) is 6.10. The third kappa shape index (κ3) is 4.68. The lowest BCUT2D eigenvalue weighted by molar-refractivity contribution is -0.605. The number of hydrogen-bond donors (Lipinski definition) is 0. The number of fused-ring (bicyclic) bond motifs is 1. The highest BCUT2D eigenvalue weighted by atomic mass is 35.5. The molecule has 178 valence electrons. The van der Waals surface area contributed by atoms with Crippen LogP contribution in [0.15, 0.2) is 78.2 Å². The highest BCUT2D eigenvalue weighted by Crippen LogP contribution is 2.25. The van der Waals surface area contributed by atoms with Gasteiger partial charge in [-0.25, -0.2) is 18.4 Å². The van der Waals surface area contributed by atoms with Gasteiger partial charge < -0.3 is 10.1 Å². The second-order valence-electron chi connectivity index (χ2n) is 8.09. The Bertz CT molecular complexity index is 1500. The summed E-state index contributed by atoms with van der Waals surface area (Å²) < 4.78 is 28.4. The van der Waals surface area contributed by atoms with Crippen LogP contribution in [0.4, 0.5) is 0 Å². The van der Waals surface area contributed by atoms with Crippen LogP contribution < -0.4 is 4.73 Å². The summed E-state index contributed by atoms with van der Waals surface area (Å²) in [7, 11) is -3.70. The van der Waals surface area contributed by atoms with E-state index in [-0.39, 0.29) is 37.0 Å². The van der Waals surface area contributed by atoms with Gasteiger partial charge in [0.1, 0.15) is 0 Å². The second kappa shape index (κ2) is 9.21. The molecule has 0 bridgehead atoms. The summed E-state index contributed by atoms with van der Waals surface area (Å²) in [6.45, 7) is 0.881. The monoisotopic (exact) mass is 509 g/mol. The zero-order valence-electron chi connectivity index (χ0n) is 18.4. The number of piperazine rings is 1. The summed E-state index contributed by atoms with van der Waals surface area (Å²) in [5, 5.41) is 13.4. The maximum absolute atomic E-state index is 13.2. The van der Waals surface area contributed by atoms with Gasteiger partial charge in [0.25, 0.3) is 5.91 Å². The number of carbonyl (C=O) groups excluding carboxylic acids is 1. The van der Waals surface area contributed by atoms with Crippen LogP contribution >= 0.6 is 11.6 Å². The van der Waals surface area contributed by atoms with Crippen molar-refractivity contribution >= 4 is 38.3 Å². The summed E-state index contributed by atoms with van der Waals surface area (Å²) in [6, 6.07) is 13.4. The number of sulfonamides is 1. The van der Waals surface area contributed by atoms with Gasteiger partial charge in [-0.2, -0.15) is 9.04 Å². The number of pyridine rings is 1. The first-order chi connectivity index (χ1) is 16.8. The lowest BCUT2D eigenvalue weighted by atomic mass is 10.1. The van der Waals surface area contributed by atoms with Gasteiger partial charge in [0.15, 0.2) is 18.2 Å². The van der Waals surface area contributed by atoms with Gasteiger partial charge in [-0.1, -0.05) is 23.7 Å². The number of rotatable bonds is 4. The van der Waals surface area contributed by atoms with Gasteiger partial charge >= 0.3 is 0 Å². The molecule has 1 aliphatic rings. The predicted octanol–water partition coefficient (Wildman–Crippen LogP) is 2.73. The molecule has 0 spiro atoms. The van der Waals surface area contributed by atoms with Crippen molar-refractivity contribution in [3.8, 4) is 11.4 Å². The van der Waals surface area contributed by atoms with Crippen molar-refractivity contribution in [2.75, 3.05) is 26.2 Å². The van der Waals surface area contributed by atoms with Crippen molar-refractivity contribution in [2.24, 2.45) is 0 Å². The number of benzene rings is 2. The van der Waals surface area contributed by atoms with Crippen LogP contribution in [0.1, 0.15) is 10.4 Å². The zero-order valence-corrected chi connectivity index (χ0v) is 20.0. The summed E-state index contributed by atoms with van der Waals surface area (Å²) >= 11 is 6.02. The zero-order chi connectivity index (χ0) is 24.6. The van der Waals surface area contributed by atoms with Gasteiger partial charge in [0, 0.05) is 61.3 Å². The first kappa shape index (κ1) is 23.2. The maximum atomic E-state index is 13.2. The van der Waals surface area contributed by atoms with Gasteiger partial charge in [-0.15, -0.1) is 0 Å². The van der Waals surface area contributed by atoms with Crippen LogP contribution in [0, 0.1) is 5.21 Å². The van der Waals surface area contributed by atoms with Gasteiger partial charge in [0.05, 0.1) is 10.5 Å². The molecule has 0 saturated carbocycles. The minimum Gasteiger partial charge on any atom is -0.619 e. The van der Waals surface area contributed by atoms with E-state index < -0.39 is 10.0 Å². The molecule has 0 aliphatic carbocycles. The number of aromatic nitrogens is 3. The fourth-order valence-corrected chi connectivity index (χ4v) is 5.61. The summed E-state index contributed by atoms with van der Waals surface area (Å²) in [5.41, 5.74) is 0.972. The molecule has 1 aliphatic heterocycles. The Morgan fingerprint density at radius 1 is 0.914 bits per heavy atom. The van der Waals surface area contributed by atoms with E-state index in [1.807, 2.05) is 0 Å². The van der Waals surface area contributed by atoms with Crippen LogP contribution in [0.25, 0.3) is 22.2 Å². The van der Waals surface area contributed by atoms with Crippen LogP contribution in [0.2, 0.25) is 5.02 Å². The quantitative estimate of drug-likeness (QED) is 0.309. The standard InChI is InChI=1S/C24H20ClN5O4S/c25-21-3-1-19-14-22(4-2-18(19)13-21)35(33,34)30-11-9-28(10-12-30)24(31)20-15-26-23(27-16-20)17-5-7-29(32)8-6-17/h1-8,13-16H,9-12H2. The van der Waals surface area contributed by atoms with Crippen LogP contribution in [-0.2, 0) is 10.0 Å². The van der Waals surface area contributed by atoms with Crippen molar-refractivity contribution in [1.82, 2.24) is 19.2 Å². The minimum atomic E-state index is -3.70. The smallest absolute Gasteiger partial charge is 0.257 e. The Morgan fingerprint density at radius 3 is 2.23 bits per heavy atom. The summed E-state index contributed by atoms with van der Waals surface area (Å²) in [4.78, 5) is 23.2. The van der Waals surface area contributed by atoms with E-state index >= 15 is 0 Å². The first-order valence-electron chi connectivity index (χ1n) is 10.8. The second-order valence-corrected chi connectivity index (χ2v) is 10.5. The summed E-state index contributed by atoms with van der Waals surface area (Å²) in [6.07, 6.45) is 5.57. The molecule has 5 rings (SSSR count). The van der Waals surface area contributed by atoms with Crippen LogP contribution in [0.5, 0.6) is 0 Å². The molecule has 4 aromatic rings. The van der Waals surface area contributed by atoms with Crippen LogP contribution in [-0.4, -0.2) is 59.7 Å². The molecule has 11 heteroatoms. The van der Waals surface area contributed by atoms with E-state index in [0.29, 0.717) is 26.7 Å². The number of carbonyl (C=O) groups is 1. The van der Waals surface area contributed by atoms with E-state index in [2.05, 4.69) is 9.97 Å². The number of hydrogen-bond acceptors (Lipinski definition) is 6.